The summed E-state index contributed by atoms with van der Waals surface area (Å²) >= 11 is 0. The van der Waals surface area contributed by atoms with E-state index in [2.05, 4.69) is 0 Å². The van der Waals surface area contributed by atoms with Crippen molar-refractivity contribution in [2.45, 2.75) is 57.2 Å². The highest BCUT2D eigenvalue weighted by Crippen LogP contribution is 2.35. The van der Waals surface area contributed by atoms with E-state index >= 15 is 0 Å². The molecule has 2 fully saturated rings. The summed E-state index contributed by atoms with van der Waals surface area (Å²) in [5.74, 6) is 0.685. The second-order valence-electron chi connectivity index (χ2n) is 7.20. The standard InChI is InChI=1S/C20H23NO5/c22-13-4-6-17(18(23)7-5-13)21-12-16-15(20(21)24)2-1-3-19(16)26-14-8-10-25-11-9-14/h1-3,14,17H,4-12H2. The molecule has 138 valence electrons. The lowest BCUT2D eigenvalue weighted by Crippen LogP contribution is -2.40. The number of rotatable bonds is 3. The fourth-order valence-corrected chi connectivity index (χ4v) is 4.00. The number of fused-ring (bicyclic) bond motifs is 1. The molecule has 0 radical (unpaired) electrons. The molecule has 1 aliphatic carbocycles. The van der Waals surface area contributed by atoms with Crippen LogP contribution in [-0.4, -0.2) is 47.7 Å². The van der Waals surface area contributed by atoms with Crippen molar-refractivity contribution < 1.29 is 23.9 Å². The third kappa shape index (κ3) is 3.26. The Morgan fingerprint density at radius 2 is 1.81 bits per heavy atom. The predicted octanol–water partition coefficient (Wildman–Crippen LogP) is 2.28. The maximum absolute atomic E-state index is 12.9. The van der Waals surface area contributed by atoms with Gasteiger partial charge in [-0.05, 0) is 18.6 Å². The summed E-state index contributed by atoms with van der Waals surface area (Å²) in [6.45, 7) is 1.75. The second-order valence-corrected chi connectivity index (χ2v) is 7.20. The van der Waals surface area contributed by atoms with E-state index in [1.54, 1.807) is 11.0 Å². The van der Waals surface area contributed by atoms with E-state index in [0.29, 0.717) is 44.6 Å². The Morgan fingerprint density at radius 3 is 2.62 bits per heavy atom. The van der Waals surface area contributed by atoms with Crippen molar-refractivity contribution in [2.75, 3.05) is 13.2 Å². The van der Waals surface area contributed by atoms with E-state index in [1.165, 1.54) is 0 Å². The van der Waals surface area contributed by atoms with Crippen LogP contribution < -0.4 is 4.74 Å². The monoisotopic (exact) mass is 357 g/mol. The lowest BCUT2D eigenvalue weighted by molar-refractivity contribution is -0.124. The topological polar surface area (TPSA) is 72.9 Å². The van der Waals surface area contributed by atoms with Crippen LogP contribution >= 0.6 is 0 Å². The van der Waals surface area contributed by atoms with Gasteiger partial charge in [0.15, 0.2) is 5.78 Å². The number of carbonyl (C=O) groups excluding carboxylic acids is 3. The highest BCUT2D eigenvalue weighted by atomic mass is 16.5. The molecule has 2 aliphatic heterocycles. The summed E-state index contributed by atoms with van der Waals surface area (Å²) < 4.78 is 11.5. The Morgan fingerprint density at radius 1 is 1.00 bits per heavy atom. The minimum Gasteiger partial charge on any atom is -0.490 e. The van der Waals surface area contributed by atoms with E-state index in [0.717, 1.165) is 24.2 Å². The molecule has 0 spiro atoms. The molecule has 1 atom stereocenters. The number of Topliss-reactive ketones (excluding diaryl/α,β-unsaturated/α-hetero) is 2. The molecule has 1 saturated heterocycles. The molecule has 26 heavy (non-hydrogen) atoms. The number of carbonyl (C=O) groups is 3. The van der Waals surface area contributed by atoms with Crippen molar-refractivity contribution in [3.05, 3.63) is 29.3 Å². The minimum atomic E-state index is -0.503. The quantitative estimate of drug-likeness (QED) is 0.776. The third-order valence-corrected chi connectivity index (χ3v) is 5.51. The Kier molecular flexibility index (Phi) is 4.76. The van der Waals surface area contributed by atoms with Crippen molar-refractivity contribution in [1.29, 1.82) is 0 Å². The zero-order valence-electron chi connectivity index (χ0n) is 14.7. The highest BCUT2D eigenvalue weighted by Gasteiger charge is 2.39. The van der Waals surface area contributed by atoms with Crippen LogP contribution in [0.25, 0.3) is 0 Å². The number of hydrogen-bond acceptors (Lipinski definition) is 5. The fraction of sp³-hybridized carbons (Fsp3) is 0.550. The van der Waals surface area contributed by atoms with Crippen LogP contribution in [0.15, 0.2) is 18.2 Å². The smallest absolute Gasteiger partial charge is 0.255 e. The number of ether oxygens (including phenoxy) is 2. The van der Waals surface area contributed by atoms with E-state index in [9.17, 15) is 14.4 Å². The lowest BCUT2D eigenvalue weighted by Gasteiger charge is -2.26. The van der Waals surface area contributed by atoms with Gasteiger partial charge in [-0.1, -0.05) is 6.07 Å². The maximum Gasteiger partial charge on any atom is 0.255 e. The molecule has 1 aromatic carbocycles. The molecule has 0 N–H and O–H groups in total. The summed E-state index contributed by atoms with van der Waals surface area (Å²) in [6, 6.07) is 5.01. The molecule has 6 heteroatoms. The summed E-state index contributed by atoms with van der Waals surface area (Å²) in [5.41, 5.74) is 1.46. The summed E-state index contributed by atoms with van der Waals surface area (Å²) in [5, 5.41) is 0. The Labute approximate surface area is 152 Å². The van der Waals surface area contributed by atoms with Crippen LogP contribution in [0.4, 0.5) is 0 Å². The van der Waals surface area contributed by atoms with E-state index in [1.807, 2.05) is 12.1 Å². The number of amides is 1. The first-order valence-corrected chi connectivity index (χ1v) is 9.35. The largest absolute Gasteiger partial charge is 0.490 e. The van der Waals surface area contributed by atoms with Gasteiger partial charge < -0.3 is 14.4 Å². The molecular formula is C20H23NO5. The van der Waals surface area contributed by atoms with E-state index < -0.39 is 6.04 Å². The molecule has 0 bridgehead atoms. The van der Waals surface area contributed by atoms with Crippen molar-refractivity contribution in [3.8, 4) is 5.75 Å². The first kappa shape index (κ1) is 17.2. The van der Waals surface area contributed by atoms with Crippen LogP contribution in [0, 0.1) is 0 Å². The highest BCUT2D eigenvalue weighted by molar-refractivity contribution is 6.02. The fourth-order valence-electron chi connectivity index (χ4n) is 4.00. The molecule has 1 amide bonds. The Bertz CT molecular complexity index is 738. The first-order chi connectivity index (χ1) is 12.6. The minimum absolute atomic E-state index is 0.0103. The van der Waals surface area contributed by atoms with Crippen LogP contribution in [0.3, 0.4) is 0 Å². The van der Waals surface area contributed by atoms with Gasteiger partial charge in [0.25, 0.3) is 5.91 Å². The van der Waals surface area contributed by atoms with Gasteiger partial charge in [-0.3, -0.25) is 14.4 Å². The summed E-state index contributed by atoms with van der Waals surface area (Å²) in [4.78, 5) is 38.7. The molecule has 2 heterocycles. The molecule has 1 unspecified atom stereocenters. The van der Waals surface area contributed by atoms with Gasteiger partial charge >= 0.3 is 0 Å². The number of benzene rings is 1. The maximum atomic E-state index is 12.9. The van der Waals surface area contributed by atoms with Gasteiger partial charge in [0, 0.05) is 43.2 Å². The van der Waals surface area contributed by atoms with Crippen molar-refractivity contribution in [2.24, 2.45) is 0 Å². The van der Waals surface area contributed by atoms with Crippen molar-refractivity contribution >= 4 is 17.5 Å². The second kappa shape index (κ2) is 7.19. The van der Waals surface area contributed by atoms with Gasteiger partial charge in [0.2, 0.25) is 0 Å². The van der Waals surface area contributed by atoms with E-state index in [4.69, 9.17) is 9.47 Å². The number of ketones is 2. The molecule has 1 aromatic rings. The third-order valence-electron chi connectivity index (χ3n) is 5.51. The van der Waals surface area contributed by atoms with Crippen LogP contribution in [0.1, 0.15) is 54.4 Å². The van der Waals surface area contributed by atoms with Crippen molar-refractivity contribution in [3.63, 3.8) is 0 Å². The first-order valence-electron chi connectivity index (χ1n) is 9.35. The van der Waals surface area contributed by atoms with Crippen LogP contribution in [0.5, 0.6) is 5.75 Å². The average molecular weight is 357 g/mol. The van der Waals surface area contributed by atoms with Gasteiger partial charge in [-0.2, -0.15) is 0 Å². The molecule has 6 nitrogen and oxygen atoms in total. The predicted molar refractivity (Wildman–Crippen MR) is 93.1 cm³/mol. The van der Waals surface area contributed by atoms with Gasteiger partial charge in [0.05, 0.1) is 25.8 Å². The summed E-state index contributed by atoms with van der Waals surface area (Å²) in [7, 11) is 0. The zero-order chi connectivity index (χ0) is 18.1. The number of nitrogens with zero attached hydrogens (tertiary/aromatic N) is 1. The molecule has 0 aromatic heterocycles. The van der Waals surface area contributed by atoms with E-state index in [-0.39, 0.29) is 30.0 Å². The van der Waals surface area contributed by atoms with Crippen LogP contribution in [-0.2, 0) is 20.9 Å². The Balaban J connectivity index is 1.55. The number of hydrogen-bond donors (Lipinski definition) is 0. The van der Waals surface area contributed by atoms with Crippen LogP contribution in [0.2, 0.25) is 0 Å². The average Bonchev–Trinajstić information content (AvgIpc) is 2.89. The Hall–Kier alpha value is -2.21. The molecule has 1 saturated carbocycles. The van der Waals surface area contributed by atoms with Crippen molar-refractivity contribution in [1.82, 2.24) is 4.90 Å². The SMILES string of the molecule is O=C1CCC(=O)C(N2Cc3c(OC4CCOCC4)cccc3C2=O)CC1. The molecule has 3 aliphatic rings. The molecule has 4 rings (SSSR count). The summed E-state index contributed by atoms with van der Waals surface area (Å²) in [6.07, 6.45) is 3.08. The van der Waals surface area contributed by atoms with Gasteiger partial charge in [-0.15, -0.1) is 0 Å². The zero-order valence-corrected chi connectivity index (χ0v) is 14.7. The van der Waals surface area contributed by atoms with Gasteiger partial charge in [-0.25, -0.2) is 0 Å². The normalized spacial score (nSPS) is 24.5. The molecular weight excluding hydrogens is 334 g/mol. The van der Waals surface area contributed by atoms with Gasteiger partial charge in [0.1, 0.15) is 17.6 Å². The lowest BCUT2D eigenvalue weighted by atomic mass is 10.1.